The van der Waals surface area contributed by atoms with Gasteiger partial charge in [0.15, 0.2) is 0 Å². The number of aryl methyl sites for hydroxylation is 1. The van der Waals surface area contributed by atoms with Crippen LogP contribution in [0, 0.1) is 18.6 Å². The Morgan fingerprint density at radius 3 is 2.56 bits per heavy atom. The minimum atomic E-state index is -0.795. The lowest BCUT2D eigenvalue weighted by Gasteiger charge is -2.16. The predicted octanol–water partition coefficient (Wildman–Crippen LogP) is 4.17. The van der Waals surface area contributed by atoms with Crippen molar-refractivity contribution >= 4 is 40.2 Å². The number of anilines is 1. The third kappa shape index (κ3) is 4.55. The van der Waals surface area contributed by atoms with Crippen LogP contribution in [0.3, 0.4) is 0 Å². The van der Waals surface area contributed by atoms with Gasteiger partial charge in [-0.05, 0) is 30.5 Å². The molecule has 3 rings (SSSR count). The Labute approximate surface area is 162 Å². The van der Waals surface area contributed by atoms with Crippen LogP contribution >= 0.6 is 22.7 Å². The molecule has 2 aromatic heterocycles. The van der Waals surface area contributed by atoms with Crippen molar-refractivity contribution in [2.75, 3.05) is 18.9 Å². The average Bonchev–Trinajstić information content (AvgIpc) is 3.22. The quantitative estimate of drug-likeness (QED) is 0.691. The van der Waals surface area contributed by atoms with Crippen LogP contribution in [0.5, 0.6) is 0 Å². The lowest BCUT2D eigenvalue weighted by Crippen LogP contribution is -2.34. The van der Waals surface area contributed by atoms with E-state index in [1.807, 2.05) is 16.8 Å². The zero-order chi connectivity index (χ0) is 19.6. The molecule has 0 radical (unpaired) electrons. The summed E-state index contributed by atoms with van der Waals surface area (Å²) >= 11 is 2.80. The van der Waals surface area contributed by atoms with E-state index in [0.717, 1.165) is 22.7 Å². The van der Waals surface area contributed by atoms with Crippen LogP contribution in [0.25, 0.3) is 10.6 Å². The fourth-order valence-corrected chi connectivity index (χ4v) is 4.16. The van der Waals surface area contributed by atoms with Crippen LogP contribution < -0.4 is 5.32 Å². The second-order valence-corrected chi connectivity index (χ2v) is 7.59. The maximum Gasteiger partial charge on any atom is 0.266 e. The monoisotopic (exact) mass is 407 g/mol. The lowest BCUT2D eigenvalue weighted by atomic mass is 10.3. The first kappa shape index (κ1) is 19.1. The van der Waals surface area contributed by atoms with Crippen LogP contribution in [0.4, 0.5) is 14.5 Å². The molecule has 0 aliphatic heterocycles. The first-order chi connectivity index (χ1) is 12.8. The van der Waals surface area contributed by atoms with Crippen LogP contribution in [-0.2, 0) is 4.79 Å². The molecule has 1 aromatic carbocycles. The highest BCUT2D eigenvalue weighted by Gasteiger charge is 2.21. The third-order valence-corrected chi connectivity index (χ3v) is 5.51. The van der Waals surface area contributed by atoms with Crippen molar-refractivity contribution in [3.05, 3.63) is 57.2 Å². The van der Waals surface area contributed by atoms with Crippen LogP contribution in [-0.4, -0.2) is 35.3 Å². The maximum atomic E-state index is 13.2. The van der Waals surface area contributed by atoms with E-state index in [4.69, 9.17) is 0 Å². The minimum absolute atomic E-state index is 0.00735. The van der Waals surface area contributed by atoms with Gasteiger partial charge in [0.25, 0.3) is 5.91 Å². The van der Waals surface area contributed by atoms with E-state index >= 15 is 0 Å². The molecule has 0 fully saturated rings. The maximum absolute atomic E-state index is 13.2. The standard InChI is InChI=1S/C18H15F2N3O2S2/c1-10-16(27-17(21-10)11-3-4-26-9-11)18(25)23(2)8-15(24)22-14-6-12(19)5-13(20)7-14/h3-7,9H,8H2,1-2H3,(H,22,24). The number of aromatic nitrogens is 1. The summed E-state index contributed by atoms with van der Waals surface area (Å²) in [5.74, 6) is -2.49. The van der Waals surface area contributed by atoms with Crippen molar-refractivity contribution in [3.63, 3.8) is 0 Å². The van der Waals surface area contributed by atoms with Gasteiger partial charge in [-0.1, -0.05) is 0 Å². The molecule has 2 heterocycles. The summed E-state index contributed by atoms with van der Waals surface area (Å²) in [6.07, 6.45) is 0. The van der Waals surface area contributed by atoms with Gasteiger partial charge in [-0.15, -0.1) is 11.3 Å². The zero-order valence-corrected chi connectivity index (χ0v) is 16.1. The number of amides is 2. The number of carbonyl (C=O) groups is 2. The number of nitrogens with one attached hydrogen (secondary N) is 1. The van der Waals surface area contributed by atoms with E-state index in [1.165, 1.54) is 23.3 Å². The van der Waals surface area contributed by atoms with Gasteiger partial charge in [0, 0.05) is 29.7 Å². The van der Waals surface area contributed by atoms with Crippen LogP contribution in [0.15, 0.2) is 35.0 Å². The molecular formula is C18H15F2N3O2S2. The molecule has 0 atom stereocenters. The van der Waals surface area contributed by atoms with Crippen molar-refractivity contribution in [1.82, 2.24) is 9.88 Å². The number of benzene rings is 1. The molecule has 0 bridgehead atoms. The number of carbonyl (C=O) groups excluding carboxylic acids is 2. The summed E-state index contributed by atoms with van der Waals surface area (Å²) in [7, 11) is 1.48. The molecule has 9 heteroatoms. The van der Waals surface area contributed by atoms with E-state index in [1.54, 1.807) is 18.3 Å². The molecule has 0 unspecified atom stereocenters. The Balaban J connectivity index is 1.68. The SMILES string of the molecule is Cc1nc(-c2ccsc2)sc1C(=O)N(C)CC(=O)Nc1cc(F)cc(F)c1. The highest BCUT2D eigenvalue weighted by molar-refractivity contribution is 7.17. The number of hydrogen-bond donors (Lipinski definition) is 1. The molecule has 0 aliphatic carbocycles. The van der Waals surface area contributed by atoms with E-state index < -0.39 is 17.5 Å². The number of likely N-dealkylation sites (N-methyl/N-ethyl adjacent to an activating group) is 1. The first-order valence-electron chi connectivity index (χ1n) is 7.85. The van der Waals surface area contributed by atoms with Crippen LogP contribution in [0.1, 0.15) is 15.4 Å². The molecule has 5 nitrogen and oxygen atoms in total. The van der Waals surface area contributed by atoms with Gasteiger partial charge in [0.1, 0.15) is 21.5 Å². The number of halogens is 2. The number of rotatable bonds is 5. The Hall–Kier alpha value is -2.65. The molecule has 0 aliphatic rings. The third-order valence-electron chi connectivity index (χ3n) is 3.63. The summed E-state index contributed by atoms with van der Waals surface area (Å²) in [6.45, 7) is 1.48. The Morgan fingerprint density at radius 1 is 1.22 bits per heavy atom. The fourth-order valence-electron chi connectivity index (χ4n) is 2.39. The lowest BCUT2D eigenvalue weighted by molar-refractivity contribution is -0.116. The fraction of sp³-hybridized carbons (Fsp3) is 0.167. The molecule has 27 heavy (non-hydrogen) atoms. The summed E-state index contributed by atoms with van der Waals surface area (Å²) in [6, 6.07) is 4.64. The number of nitrogens with zero attached hydrogens (tertiary/aromatic N) is 2. The van der Waals surface area contributed by atoms with Crippen molar-refractivity contribution < 1.29 is 18.4 Å². The molecular weight excluding hydrogens is 392 g/mol. The van der Waals surface area contributed by atoms with E-state index in [9.17, 15) is 18.4 Å². The van der Waals surface area contributed by atoms with Gasteiger partial charge in [-0.25, -0.2) is 13.8 Å². The minimum Gasteiger partial charge on any atom is -0.332 e. The zero-order valence-electron chi connectivity index (χ0n) is 14.5. The number of hydrogen-bond acceptors (Lipinski definition) is 5. The largest absolute Gasteiger partial charge is 0.332 e. The van der Waals surface area contributed by atoms with Crippen molar-refractivity contribution in [2.24, 2.45) is 0 Å². The predicted molar refractivity (Wildman–Crippen MR) is 102 cm³/mol. The molecule has 0 saturated carbocycles. The van der Waals surface area contributed by atoms with Crippen molar-refractivity contribution in [3.8, 4) is 10.6 Å². The van der Waals surface area contributed by atoms with Gasteiger partial charge in [-0.3, -0.25) is 9.59 Å². The second-order valence-electron chi connectivity index (χ2n) is 5.81. The number of thiazole rings is 1. The van der Waals surface area contributed by atoms with Gasteiger partial charge in [0.05, 0.1) is 12.2 Å². The second kappa shape index (κ2) is 7.93. The Morgan fingerprint density at radius 2 is 1.93 bits per heavy atom. The van der Waals surface area contributed by atoms with Crippen molar-refractivity contribution in [2.45, 2.75) is 6.92 Å². The summed E-state index contributed by atoms with van der Waals surface area (Å²) in [4.78, 5) is 30.8. The van der Waals surface area contributed by atoms with Crippen LogP contribution in [0.2, 0.25) is 0 Å². The molecule has 1 N–H and O–H groups in total. The Kier molecular flexibility index (Phi) is 5.62. The van der Waals surface area contributed by atoms with E-state index in [-0.39, 0.29) is 18.1 Å². The van der Waals surface area contributed by atoms with E-state index in [2.05, 4.69) is 10.3 Å². The van der Waals surface area contributed by atoms with Gasteiger partial charge in [0.2, 0.25) is 5.91 Å². The van der Waals surface area contributed by atoms with Gasteiger partial charge < -0.3 is 10.2 Å². The Bertz CT molecular complexity index is 966. The van der Waals surface area contributed by atoms with E-state index in [0.29, 0.717) is 16.6 Å². The average molecular weight is 407 g/mol. The highest BCUT2D eigenvalue weighted by atomic mass is 32.1. The molecule has 140 valence electrons. The summed E-state index contributed by atoms with van der Waals surface area (Å²) in [5, 5.41) is 7.00. The topological polar surface area (TPSA) is 62.3 Å². The smallest absolute Gasteiger partial charge is 0.266 e. The highest BCUT2D eigenvalue weighted by Crippen LogP contribution is 2.30. The number of thiophene rings is 1. The van der Waals surface area contributed by atoms with Gasteiger partial charge in [-0.2, -0.15) is 11.3 Å². The van der Waals surface area contributed by atoms with Crippen molar-refractivity contribution in [1.29, 1.82) is 0 Å². The molecule has 3 aromatic rings. The molecule has 0 saturated heterocycles. The van der Waals surface area contributed by atoms with Gasteiger partial charge >= 0.3 is 0 Å². The first-order valence-corrected chi connectivity index (χ1v) is 9.61. The molecule has 0 spiro atoms. The normalized spacial score (nSPS) is 10.7. The molecule has 2 amide bonds. The summed E-state index contributed by atoms with van der Waals surface area (Å²) < 4.78 is 26.4. The summed E-state index contributed by atoms with van der Waals surface area (Å²) in [5.41, 5.74) is 1.53.